The number of carbonyl (C=O) groups excluding carboxylic acids is 2. The van der Waals surface area contributed by atoms with Gasteiger partial charge in [0.15, 0.2) is 6.61 Å². The van der Waals surface area contributed by atoms with E-state index in [4.69, 9.17) is 4.74 Å². The van der Waals surface area contributed by atoms with Crippen LogP contribution in [-0.4, -0.2) is 37.9 Å². The van der Waals surface area contributed by atoms with Gasteiger partial charge in [-0.25, -0.2) is 12.8 Å². The van der Waals surface area contributed by atoms with E-state index < -0.39 is 35.0 Å². The lowest BCUT2D eigenvalue weighted by Crippen LogP contribution is -2.31. The molecule has 146 valence electrons. The van der Waals surface area contributed by atoms with E-state index in [2.05, 4.69) is 0 Å². The van der Waals surface area contributed by atoms with Gasteiger partial charge in [0.05, 0.1) is 4.90 Å². The van der Waals surface area contributed by atoms with Crippen molar-refractivity contribution in [2.75, 3.05) is 13.2 Å². The van der Waals surface area contributed by atoms with Gasteiger partial charge in [-0.1, -0.05) is 6.07 Å². The van der Waals surface area contributed by atoms with E-state index in [0.717, 1.165) is 23.5 Å². The topological polar surface area (TPSA) is 94.5 Å². The molecule has 1 aromatic heterocycles. The quantitative estimate of drug-likeness (QED) is 0.544. The van der Waals surface area contributed by atoms with Gasteiger partial charge in [0.2, 0.25) is 15.8 Å². The third-order valence-electron chi connectivity index (χ3n) is 4.07. The van der Waals surface area contributed by atoms with Crippen molar-refractivity contribution in [3.05, 3.63) is 53.1 Å². The molecule has 0 bridgehead atoms. The van der Waals surface area contributed by atoms with Crippen molar-refractivity contribution in [3.8, 4) is 0 Å². The molecule has 0 saturated carbocycles. The fourth-order valence-corrected chi connectivity index (χ4v) is 3.72. The molecular weight excluding hydrogens is 375 g/mol. The van der Waals surface area contributed by atoms with Crippen LogP contribution in [0.3, 0.4) is 0 Å². The molecule has 0 aliphatic heterocycles. The highest BCUT2D eigenvalue weighted by Crippen LogP contribution is 2.15. The average molecular weight is 396 g/mol. The largest absolute Gasteiger partial charge is 0.456 e. The predicted molar refractivity (Wildman–Crippen MR) is 96.5 cm³/mol. The molecule has 0 saturated heterocycles. The van der Waals surface area contributed by atoms with Gasteiger partial charge in [0.1, 0.15) is 12.4 Å². The van der Waals surface area contributed by atoms with Crippen LogP contribution in [0, 0.1) is 19.7 Å². The molecule has 1 N–H and O–H groups in total. The number of sulfonamides is 1. The zero-order chi connectivity index (χ0) is 20.2. The fourth-order valence-electron chi connectivity index (χ4n) is 2.72. The number of ketones is 1. The van der Waals surface area contributed by atoms with Crippen molar-refractivity contribution >= 4 is 21.8 Å². The molecule has 27 heavy (non-hydrogen) atoms. The minimum absolute atomic E-state index is 0.307. The van der Waals surface area contributed by atoms with Crippen molar-refractivity contribution in [1.82, 2.24) is 9.29 Å². The van der Waals surface area contributed by atoms with E-state index in [-0.39, 0.29) is 10.7 Å². The van der Waals surface area contributed by atoms with Crippen LogP contribution in [0.15, 0.2) is 35.2 Å². The molecule has 0 aliphatic rings. The molecule has 7 nitrogen and oxygen atoms in total. The molecule has 1 aromatic carbocycles. The molecule has 0 spiro atoms. The molecule has 2 rings (SSSR count). The monoisotopic (exact) mass is 396 g/mol. The lowest BCUT2D eigenvalue weighted by Gasteiger charge is -2.08. The zero-order valence-electron chi connectivity index (χ0n) is 15.3. The summed E-state index contributed by atoms with van der Waals surface area (Å²) in [5.41, 5.74) is 2.16. The number of aromatic nitrogens is 1. The first kappa shape index (κ1) is 20.8. The fraction of sp³-hybridized carbons (Fsp3) is 0.333. The third kappa shape index (κ3) is 5.01. The molecule has 0 unspecified atom stereocenters. The van der Waals surface area contributed by atoms with E-state index in [0.29, 0.717) is 12.1 Å². The van der Waals surface area contributed by atoms with Crippen LogP contribution < -0.4 is 4.72 Å². The maximum atomic E-state index is 13.1. The second-order valence-electron chi connectivity index (χ2n) is 5.89. The Morgan fingerprint density at radius 2 is 1.93 bits per heavy atom. The normalized spacial score (nSPS) is 11.4. The Kier molecular flexibility index (Phi) is 6.50. The smallest absolute Gasteiger partial charge is 0.321 e. The minimum atomic E-state index is -4.06. The molecule has 0 radical (unpaired) electrons. The number of aryl methyl sites for hydroxylation is 1. The van der Waals surface area contributed by atoms with Crippen LogP contribution in [0.1, 0.15) is 28.7 Å². The van der Waals surface area contributed by atoms with Crippen molar-refractivity contribution in [3.63, 3.8) is 0 Å². The van der Waals surface area contributed by atoms with E-state index >= 15 is 0 Å². The van der Waals surface area contributed by atoms with E-state index in [1.807, 2.05) is 23.1 Å². The first-order chi connectivity index (χ1) is 12.7. The molecule has 1 heterocycles. The number of halogens is 1. The van der Waals surface area contributed by atoms with Crippen LogP contribution in [0.4, 0.5) is 4.39 Å². The number of carbonyl (C=O) groups is 2. The predicted octanol–water partition coefficient (Wildman–Crippen LogP) is 1.97. The van der Waals surface area contributed by atoms with Crippen LogP contribution >= 0.6 is 0 Å². The summed E-state index contributed by atoms with van der Waals surface area (Å²) in [5.74, 6) is -1.99. The first-order valence-corrected chi connectivity index (χ1v) is 9.74. The number of esters is 1. The lowest BCUT2D eigenvalue weighted by molar-refractivity contribution is -0.141. The SMILES string of the molecule is CCn1c(C)cc(C(=O)COC(=O)CNS(=O)(=O)c2cccc(F)c2)c1C. The van der Waals surface area contributed by atoms with Gasteiger partial charge in [-0.05, 0) is 45.0 Å². The highest BCUT2D eigenvalue weighted by atomic mass is 32.2. The number of ether oxygens (including phenoxy) is 1. The standard InChI is InChI=1S/C18H21FN2O5S/c1-4-21-12(2)8-16(13(21)3)17(22)11-26-18(23)10-20-27(24,25)15-7-5-6-14(19)9-15/h5-9,20H,4,10-11H2,1-3H3. The van der Waals surface area contributed by atoms with Gasteiger partial charge < -0.3 is 9.30 Å². The van der Waals surface area contributed by atoms with Crippen LogP contribution in [-0.2, 0) is 26.1 Å². The summed E-state index contributed by atoms with van der Waals surface area (Å²) in [4.78, 5) is 23.7. The van der Waals surface area contributed by atoms with E-state index in [1.165, 1.54) is 12.1 Å². The van der Waals surface area contributed by atoms with Gasteiger partial charge in [0.25, 0.3) is 0 Å². The molecule has 0 fully saturated rings. The number of nitrogens with zero attached hydrogens (tertiary/aromatic N) is 1. The van der Waals surface area contributed by atoms with Crippen molar-refractivity contribution in [2.45, 2.75) is 32.2 Å². The molecule has 0 amide bonds. The highest BCUT2D eigenvalue weighted by Gasteiger charge is 2.19. The number of hydrogen-bond donors (Lipinski definition) is 1. The van der Waals surface area contributed by atoms with Crippen molar-refractivity contribution in [1.29, 1.82) is 0 Å². The van der Waals surface area contributed by atoms with Gasteiger partial charge in [-0.15, -0.1) is 0 Å². The average Bonchev–Trinajstić information content (AvgIpc) is 2.91. The summed E-state index contributed by atoms with van der Waals surface area (Å²) >= 11 is 0. The maximum Gasteiger partial charge on any atom is 0.321 e. The van der Waals surface area contributed by atoms with Gasteiger partial charge in [-0.3, -0.25) is 9.59 Å². The van der Waals surface area contributed by atoms with Crippen LogP contribution in [0.25, 0.3) is 0 Å². The van der Waals surface area contributed by atoms with Crippen molar-refractivity contribution in [2.24, 2.45) is 0 Å². The van der Waals surface area contributed by atoms with E-state index in [1.54, 1.807) is 13.0 Å². The Morgan fingerprint density at radius 1 is 1.22 bits per heavy atom. The van der Waals surface area contributed by atoms with Gasteiger partial charge in [-0.2, -0.15) is 4.72 Å². The number of hydrogen-bond acceptors (Lipinski definition) is 5. The van der Waals surface area contributed by atoms with Crippen LogP contribution in [0.5, 0.6) is 0 Å². The minimum Gasteiger partial charge on any atom is -0.456 e. The first-order valence-electron chi connectivity index (χ1n) is 8.26. The summed E-state index contributed by atoms with van der Waals surface area (Å²) in [6, 6.07) is 6.11. The number of benzene rings is 1. The Bertz CT molecular complexity index is 966. The summed E-state index contributed by atoms with van der Waals surface area (Å²) < 4.78 is 46.0. The zero-order valence-corrected chi connectivity index (χ0v) is 16.1. The van der Waals surface area contributed by atoms with Gasteiger partial charge in [0, 0.05) is 23.5 Å². The summed E-state index contributed by atoms with van der Waals surface area (Å²) in [5, 5.41) is 0. The second kappa shape index (κ2) is 8.45. The van der Waals surface area contributed by atoms with Crippen molar-refractivity contribution < 1.29 is 27.1 Å². The number of nitrogens with one attached hydrogen (secondary N) is 1. The molecule has 2 aromatic rings. The Hall–Kier alpha value is -2.52. The molecular formula is C18H21FN2O5S. The Balaban J connectivity index is 1.92. The lowest BCUT2D eigenvalue weighted by atomic mass is 10.1. The van der Waals surface area contributed by atoms with E-state index in [9.17, 15) is 22.4 Å². The molecule has 9 heteroatoms. The highest BCUT2D eigenvalue weighted by molar-refractivity contribution is 7.89. The Morgan fingerprint density at radius 3 is 2.52 bits per heavy atom. The summed E-state index contributed by atoms with van der Waals surface area (Å²) in [7, 11) is -4.06. The number of Topliss-reactive ketones (excluding diaryl/α,β-unsaturated/α-hetero) is 1. The van der Waals surface area contributed by atoms with Crippen LogP contribution in [0.2, 0.25) is 0 Å². The van der Waals surface area contributed by atoms with Gasteiger partial charge >= 0.3 is 5.97 Å². The molecule has 0 atom stereocenters. The summed E-state index contributed by atoms with van der Waals surface area (Å²) in [6.07, 6.45) is 0. The summed E-state index contributed by atoms with van der Waals surface area (Å²) in [6.45, 7) is 5.19. The third-order valence-corrected chi connectivity index (χ3v) is 5.47. The maximum absolute atomic E-state index is 13.1. The second-order valence-corrected chi connectivity index (χ2v) is 7.66. The Labute approximate surface area is 157 Å². The number of rotatable bonds is 8. The molecule has 0 aliphatic carbocycles.